The maximum atomic E-state index is 11.7. The van der Waals surface area contributed by atoms with E-state index in [4.69, 9.17) is 27.9 Å². The number of carbonyl (C=O) groups excluding carboxylic acids is 1. The molecule has 0 aliphatic heterocycles. The van der Waals surface area contributed by atoms with E-state index >= 15 is 0 Å². The summed E-state index contributed by atoms with van der Waals surface area (Å²) in [6.07, 6.45) is -1.41. The number of aliphatic hydroxyl groups excluding tert-OH is 1. The van der Waals surface area contributed by atoms with Gasteiger partial charge in [-0.1, -0.05) is 17.7 Å². The van der Waals surface area contributed by atoms with Gasteiger partial charge in [0.25, 0.3) is 0 Å². The topological polar surface area (TPSA) is 58.6 Å². The highest BCUT2D eigenvalue weighted by atomic mass is 35.5. The first kappa shape index (κ1) is 16.1. The van der Waals surface area contributed by atoms with Gasteiger partial charge in [-0.15, -0.1) is 11.6 Å². The average Bonchev–Trinajstić information content (AvgIpc) is 2.28. The summed E-state index contributed by atoms with van der Waals surface area (Å²) >= 11 is 11.6. The molecule has 1 unspecified atom stereocenters. The summed E-state index contributed by atoms with van der Waals surface area (Å²) in [6.45, 7) is 5.30. The Kier molecular flexibility index (Phi) is 5.47. The molecule has 106 valence electrons. The van der Waals surface area contributed by atoms with Crippen LogP contribution in [-0.2, 0) is 4.74 Å². The van der Waals surface area contributed by atoms with Gasteiger partial charge >= 0.3 is 6.09 Å². The molecular weight excluding hydrogens is 289 g/mol. The van der Waals surface area contributed by atoms with Crippen LogP contribution in [0.4, 0.5) is 10.5 Å². The lowest BCUT2D eigenvalue weighted by Crippen LogP contribution is -2.27. The van der Waals surface area contributed by atoms with E-state index in [2.05, 4.69) is 5.32 Å². The largest absolute Gasteiger partial charge is 0.444 e. The summed E-state index contributed by atoms with van der Waals surface area (Å²) < 4.78 is 5.13. The zero-order valence-electron chi connectivity index (χ0n) is 11.0. The molecule has 0 aliphatic rings. The number of anilines is 1. The third kappa shape index (κ3) is 5.27. The Labute approximate surface area is 122 Å². The Morgan fingerprint density at radius 1 is 1.47 bits per heavy atom. The molecule has 0 saturated carbocycles. The minimum Gasteiger partial charge on any atom is -0.444 e. The van der Waals surface area contributed by atoms with Gasteiger partial charge in [0.1, 0.15) is 5.60 Å². The molecule has 0 aliphatic carbocycles. The van der Waals surface area contributed by atoms with Crippen LogP contribution in [0.5, 0.6) is 0 Å². The van der Waals surface area contributed by atoms with E-state index in [1.807, 2.05) is 0 Å². The van der Waals surface area contributed by atoms with E-state index in [1.165, 1.54) is 0 Å². The van der Waals surface area contributed by atoms with Crippen molar-refractivity contribution >= 4 is 35.0 Å². The molecular formula is C13H17Cl2NO3. The fourth-order valence-corrected chi connectivity index (χ4v) is 1.69. The van der Waals surface area contributed by atoms with Crippen molar-refractivity contribution in [1.29, 1.82) is 0 Å². The van der Waals surface area contributed by atoms with E-state index in [1.54, 1.807) is 39.0 Å². The molecule has 1 amide bonds. The Morgan fingerprint density at radius 2 is 2.11 bits per heavy atom. The number of halogens is 2. The van der Waals surface area contributed by atoms with E-state index in [0.29, 0.717) is 16.3 Å². The monoisotopic (exact) mass is 305 g/mol. The highest BCUT2D eigenvalue weighted by molar-refractivity contribution is 6.33. The lowest BCUT2D eigenvalue weighted by atomic mass is 10.1. The molecule has 19 heavy (non-hydrogen) atoms. The van der Waals surface area contributed by atoms with Crippen molar-refractivity contribution in [3.8, 4) is 0 Å². The lowest BCUT2D eigenvalue weighted by molar-refractivity contribution is 0.0636. The number of carbonyl (C=O) groups is 1. The van der Waals surface area contributed by atoms with Crippen LogP contribution >= 0.6 is 23.2 Å². The molecule has 0 fully saturated rings. The first-order chi connectivity index (χ1) is 8.73. The number of benzene rings is 1. The third-order valence-corrected chi connectivity index (χ3v) is 2.78. The van der Waals surface area contributed by atoms with Crippen molar-refractivity contribution in [1.82, 2.24) is 0 Å². The summed E-state index contributed by atoms with van der Waals surface area (Å²) in [6, 6.07) is 4.80. The van der Waals surface area contributed by atoms with E-state index < -0.39 is 17.8 Å². The summed E-state index contributed by atoms with van der Waals surface area (Å²) in [5.41, 5.74) is 0.354. The minimum absolute atomic E-state index is 0.0630. The van der Waals surface area contributed by atoms with Gasteiger partial charge in [0, 0.05) is 0 Å². The van der Waals surface area contributed by atoms with Gasteiger partial charge in [-0.05, 0) is 38.5 Å². The van der Waals surface area contributed by atoms with E-state index in [0.717, 1.165) is 0 Å². The maximum absolute atomic E-state index is 11.7. The highest BCUT2D eigenvalue weighted by Gasteiger charge is 2.17. The normalized spacial score (nSPS) is 12.9. The van der Waals surface area contributed by atoms with Gasteiger partial charge in [0.15, 0.2) is 0 Å². The Balaban J connectivity index is 2.85. The average molecular weight is 306 g/mol. The predicted octanol–water partition coefficient (Wildman–Crippen LogP) is 3.96. The van der Waals surface area contributed by atoms with Crippen molar-refractivity contribution < 1.29 is 14.6 Å². The van der Waals surface area contributed by atoms with Crippen LogP contribution in [-0.4, -0.2) is 22.7 Å². The molecule has 0 bridgehead atoms. The first-order valence-corrected chi connectivity index (χ1v) is 6.67. The molecule has 4 nitrogen and oxygen atoms in total. The van der Waals surface area contributed by atoms with Gasteiger partial charge in [0.05, 0.1) is 22.7 Å². The Hall–Kier alpha value is -0.970. The molecule has 0 spiro atoms. The molecule has 0 radical (unpaired) electrons. The fraction of sp³-hybridized carbons (Fsp3) is 0.462. The van der Waals surface area contributed by atoms with E-state index in [9.17, 15) is 9.90 Å². The number of hydrogen-bond donors (Lipinski definition) is 2. The van der Waals surface area contributed by atoms with Gasteiger partial charge in [0.2, 0.25) is 0 Å². The number of nitrogens with one attached hydrogen (secondary N) is 1. The van der Waals surface area contributed by atoms with Gasteiger partial charge < -0.3 is 9.84 Å². The van der Waals surface area contributed by atoms with Crippen molar-refractivity contribution in [2.45, 2.75) is 32.5 Å². The molecule has 0 saturated heterocycles. The van der Waals surface area contributed by atoms with Gasteiger partial charge in [-0.2, -0.15) is 0 Å². The van der Waals surface area contributed by atoms with Crippen LogP contribution in [0.25, 0.3) is 0 Å². The highest BCUT2D eigenvalue weighted by Crippen LogP contribution is 2.27. The lowest BCUT2D eigenvalue weighted by Gasteiger charge is -2.20. The molecule has 0 aromatic heterocycles. The molecule has 2 N–H and O–H groups in total. The number of rotatable bonds is 3. The van der Waals surface area contributed by atoms with E-state index in [-0.39, 0.29) is 5.88 Å². The van der Waals surface area contributed by atoms with Crippen LogP contribution in [0.3, 0.4) is 0 Å². The molecule has 6 heteroatoms. The van der Waals surface area contributed by atoms with Crippen molar-refractivity contribution in [3.05, 3.63) is 28.8 Å². The standard InChI is InChI=1S/C13H17Cl2NO3/c1-13(2,3)19-12(18)16-10-6-8(11(17)7-14)4-5-9(10)15/h4-6,11,17H,7H2,1-3H3,(H,16,18). The Bertz CT molecular complexity index is 458. The molecule has 0 heterocycles. The number of hydrogen-bond acceptors (Lipinski definition) is 3. The number of alkyl halides is 1. The van der Waals surface area contributed by atoms with Crippen molar-refractivity contribution in [3.63, 3.8) is 0 Å². The molecule has 1 rings (SSSR count). The van der Waals surface area contributed by atoms with Crippen LogP contribution in [0.1, 0.15) is 32.4 Å². The van der Waals surface area contributed by atoms with Crippen molar-refractivity contribution in [2.24, 2.45) is 0 Å². The van der Waals surface area contributed by atoms with Crippen LogP contribution in [0.15, 0.2) is 18.2 Å². The molecule has 1 aromatic carbocycles. The fourth-order valence-electron chi connectivity index (χ4n) is 1.35. The second-order valence-corrected chi connectivity index (χ2v) is 5.75. The first-order valence-electron chi connectivity index (χ1n) is 5.76. The number of amides is 1. The van der Waals surface area contributed by atoms with Gasteiger partial charge in [-0.3, -0.25) is 5.32 Å². The number of ether oxygens (including phenoxy) is 1. The van der Waals surface area contributed by atoms with Crippen LogP contribution in [0.2, 0.25) is 5.02 Å². The summed E-state index contributed by atoms with van der Waals surface area (Å²) in [5, 5.41) is 12.5. The van der Waals surface area contributed by atoms with Gasteiger partial charge in [-0.25, -0.2) is 4.79 Å². The van der Waals surface area contributed by atoms with Crippen molar-refractivity contribution in [2.75, 3.05) is 11.2 Å². The SMILES string of the molecule is CC(C)(C)OC(=O)Nc1cc(C(O)CCl)ccc1Cl. The number of aliphatic hydroxyl groups is 1. The van der Waals surface area contributed by atoms with Crippen LogP contribution < -0.4 is 5.32 Å². The quantitative estimate of drug-likeness (QED) is 0.831. The second kappa shape index (κ2) is 6.46. The Morgan fingerprint density at radius 3 is 2.63 bits per heavy atom. The minimum atomic E-state index is -0.807. The third-order valence-electron chi connectivity index (χ3n) is 2.16. The second-order valence-electron chi connectivity index (χ2n) is 5.04. The summed E-state index contributed by atoms with van der Waals surface area (Å²) in [5.74, 6) is 0.0630. The summed E-state index contributed by atoms with van der Waals surface area (Å²) in [7, 11) is 0. The molecule has 1 atom stereocenters. The van der Waals surface area contributed by atoms with Crippen LogP contribution in [0, 0.1) is 0 Å². The zero-order valence-corrected chi connectivity index (χ0v) is 12.5. The maximum Gasteiger partial charge on any atom is 0.412 e. The summed E-state index contributed by atoms with van der Waals surface area (Å²) in [4.78, 5) is 11.7. The molecule has 1 aromatic rings. The zero-order chi connectivity index (χ0) is 14.6. The predicted molar refractivity (Wildman–Crippen MR) is 77.0 cm³/mol. The smallest absolute Gasteiger partial charge is 0.412 e.